The van der Waals surface area contributed by atoms with E-state index in [9.17, 15) is 9.59 Å². The van der Waals surface area contributed by atoms with Gasteiger partial charge in [0.05, 0.1) is 6.61 Å². The maximum atomic E-state index is 11.5. The Morgan fingerprint density at radius 1 is 1.42 bits per heavy atom. The van der Waals surface area contributed by atoms with E-state index in [0.717, 1.165) is 17.7 Å². The first kappa shape index (κ1) is 13.4. The molecule has 1 aliphatic heterocycles. The summed E-state index contributed by atoms with van der Waals surface area (Å²) in [5.41, 5.74) is 0.842. The number of benzene rings is 1. The largest absolute Gasteiger partial charge is 0.494 e. The van der Waals surface area contributed by atoms with Gasteiger partial charge in [-0.25, -0.2) is 0 Å². The predicted octanol–water partition coefficient (Wildman–Crippen LogP) is 1.39. The number of carboxylic acids is 1. The maximum Gasteiger partial charge on any atom is 0.316 e. The molecule has 0 unspecified atom stereocenters. The Kier molecular flexibility index (Phi) is 4.04. The fourth-order valence-electron chi connectivity index (χ4n) is 2.25. The Morgan fingerprint density at radius 2 is 2.11 bits per heavy atom. The van der Waals surface area contributed by atoms with Crippen LogP contribution in [0, 0.1) is 5.92 Å². The lowest BCUT2D eigenvalue weighted by atomic mass is 9.88. The third-order valence-corrected chi connectivity index (χ3v) is 3.23. The van der Waals surface area contributed by atoms with E-state index >= 15 is 0 Å². The highest BCUT2D eigenvalue weighted by Gasteiger charge is 2.40. The Bertz CT molecular complexity index is 469. The number of ether oxygens (including phenoxy) is 1. The van der Waals surface area contributed by atoms with Crippen LogP contribution in [0.15, 0.2) is 24.3 Å². The van der Waals surface area contributed by atoms with Crippen LogP contribution in [-0.2, 0) is 9.59 Å². The van der Waals surface area contributed by atoms with Gasteiger partial charge in [0, 0.05) is 12.5 Å². The van der Waals surface area contributed by atoms with Crippen molar-refractivity contribution in [2.24, 2.45) is 5.92 Å². The number of rotatable bonds is 5. The van der Waals surface area contributed by atoms with Gasteiger partial charge in [-0.05, 0) is 24.1 Å². The molecule has 2 atom stereocenters. The molecule has 0 spiro atoms. The maximum absolute atomic E-state index is 11.5. The lowest BCUT2D eigenvalue weighted by Gasteiger charge is -2.14. The number of carbonyl (C=O) groups excluding carboxylic acids is 1. The number of hydrogen-bond donors (Lipinski definition) is 2. The normalized spacial score (nSPS) is 22.1. The van der Waals surface area contributed by atoms with Gasteiger partial charge in [0.1, 0.15) is 11.7 Å². The van der Waals surface area contributed by atoms with Gasteiger partial charge in [0.25, 0.3) is 0 Å². The van der Waals surface area contributed by atoms with Crippen molar-refractivity contribution in [1.82, 2.24) is 5.32 Å². The smallest absolute Gasteiger partial charge is 0.316 e. The summed E-state index contributed by atoms with van der Waals surface area (Å²) in [7, 11) is 0. The highest BCUT2D eigenvalue weighted by molar-refractivity contribution is 5.99. The first-order valence-corrected chi connectivity index (χ1v) is 6.36. The Balaban J connectivity index is 2.13. The second-order valence-electron chi connectivity index (χ2n) is 4.59. The molecule has 102 valence electrons. The number of nitrogens with one attached hydrogen (secondary N) is 1. The van der Waals surface area contributed by atoms with Gasteiger partial charge < -0.3 is 15.2 Å². The molecule has 5 heteroatoms. The zero-order chi connectivity index (χ0) is 13.8. The summed E-state index contributed by atoms with van der Waals surface area (Å²) in [4.78, 5) is 22.6. The molecule has 19 heavy (non-hydrogen) atoms. The van der Waals surface area contributed by atoms with E-state index in [1.54, 1.807) is 0 Å². The lowest BCUT2D eigenvalue weighted by Crippen LogP contribution is -2.26. The minimum absolute atomic E-state index is 0.315. The second kappa shape index (κ2) is 5.73. The van der Waals surface area contributed by atoms with Crippen LogP contribution in [0.4, 0.5) is 0 Å². The molecule has 1 heterocycles. The molecule has 1 aromatic carbocycles. The highest BCUT2D eigenvalue weighted by atomic mass is 16.5. The first-order chi connectivity index (χ1) is 9.13. The van der Waals surface area contributed by atoms with E-state index in [-0.39, 0.29) is 5.92 Å². The van der Waals surface area contributed by atoms with Crippen molar-refractivity contribution >= 4 is 11.9 Å². The number of carbonyl (C=O) groups is 2. The highest BCUT2D eigenvalue weighted by Crippen LogP contribution is 2.30. The fraction of sp³-hybridized carbons (Fsp3) is 0.429. The summed E-state index contributed by atoms with van der Waals surface area (Å²) < 4.78 is 5.47. The third-order valence-electron chi connectivity index (χ3n) is 3.23. The summed E-state index contributed by atoms with van der Waals surface area (Å²) in [5.74, 6) is -2.04. The Labute approximate surface area is 111 Å². The monoisotopic (exact) mass is 263 g/mol. The van der Waals surface area contributed by atoms with Crippen molar-refractivity contribution in [3.63, 3.8) is 0 Å². The molecule has 1 aromatic rings. The molecule has 1 saturated heterocycles. The summed E-state index contributed by atoms with van der Waals surface area (Å²) in [5, 5.41) is 11.7. The average Bonchev–Trinajstić information content (AvgIpc) is 2.79. The molecule has 0 aromatic heterocycles. The van der Waals surface area contributed by atoms with E-state index in [0.29, 0.717) is 13.2 Å². The zero-order valence-electron chi connectivity index (χ0n) is 10.8. The molecular formula is C14H17NO4. The molecule has 2 rings (SSSR count). The van der Waals surface area contributed by atoms with Crippen molar-refractivity contribution in [1.29, 1.82) is 0 Å². The SMILES string of the molecule is CCCOc1ccc([C@@H]2CNC(=O)[C@@H]2C(=O)O)cc1. The summed E-state index contributed by atoms with van der Waals surface area (Å²) in [6.07, 6.45) is 0.934. The van der Waals surface area contributed by atoms with E-state index in [1.165, 1.54) is 0 Å². The second-order valence-corrected chi connectivity index (χ2v) is 4.59. The molecule has 1 aliphatic rings. The number of aliphatic carboxylic acids is 1. The van der Waals surface area contributed by atoms with Crippen LogP contribution < -0.4 is 10.1 Å². The van der Waals surface area contributed by atoms with Crippen molar-refractivity contribution < 1.29 is 19.4 Å². The number of amides is 1. The third kappa shape index (κ3) is 2.86. The van der Waals surface area contributed by atoms with Gasteiger partial charge in [-0.15, -0.1) is 0 Å². The molecule has 0 aliphatic carbocycles. The molecule has 5 nitrogen and oxygen atoms in total. The van der Waals surface area contributed by atoms with E-state index in [2.05, 4.69) is 5.32 Å². The van der Waals surface area contributed by atoms with Gasteiger partial charge in [0.2, 0.25) is 5.91 Å². The minimum atomic E-state index is -1.08. The van der Waals surface area contributed by atoms with Crippen LogP contribution >= 0.6 is 0 Å². The van der Waals surface area contributed by atoms with Crippen molar-refractivity contribution in [3.8, 4) is 5.75 Å². The summed E-state index contributed by atoms with van der Waals surface area (Å²) >= 11 is 0. The van der Waals surface area contributed by atoms with Crippen molar-refractivity contribution in [2.45, 2.75) is 19.3 Å². The Hall–Kier alpha value is -2.04. The van der Waals surface area contributed by atoms with Gasteiger partial charge in [-0.1, -0.05) is 19.1 Å². The number of carboxylic acid groups (broad SMARTS) is 1. The van der Waals surface area contributed by atoms with Crippen LogP contribution in [0.25, 0.3) is 0 Å². The standard InChI is InChI=1S/C14H17NO4/c1-2-7-19-10-5-3-9(4-6-10)11-8-15-13(16)12(11)14(17)18/h3-6,11-12H,2,7-8H2,1H3,(H,15,16)(H,17,18)/t11-,12+/m0/s1. The van der Waals surface area contributed by atoms with Crippen molar-refractivity contribution in [2.75, 3.05) is 13.2 Å². The summed E-state index contributed by atoms with van der Waals surface area (Å²) in [6.45, 7) is 3.05. The number of hydrogen-bond acceptors (Lipinski definition) is 3. The summed E-state index contributed by atoms with van der Waals surface area (Å²) in [6, 6.07) is 7.27. The molecule has 0 radical (unpaired) electrons. The van der Waals surface area contributed by atoms with E-state index in [1.807, 2.05) is 31.2 Å². The molecule has 1 fully saturated rings. The minimum Gasteiger partial charge on any atom is -0.494 e. The lowest BCUT2D eigenvalue weighted by molar-refractivity contribution is -0.145. The molecule has 0 saturated carbocycles. The van der Waals surface area contributed by atoms with Crippen LogP contribution in [0.3, 0.4) is 0 Å². The molecular weight excluding hydrogens is 246 g/mol. The van der Waals surface area contributed by atoms with Gasteiger partial charge >= 0.3 is 5.97 Å². The van der Waals surface area contributed by atoms with Crippen molar-refractivity contribution in [3.05, 3.63) is 29.8 Å². The Morgan fingerprint density at radius 3 is 2.68 bits per heavy atom. The quantitative estimate of drug-likeness (QED) is 0.787. The van der Waals surface area contributed by atoms with Crippen LogP contribution in [0.5, 0.6) is 5.75 Å². The zero-order valence-corrected chi connectivity index (χ0v) is 10.8. The van der Waals surface area contributed by atoms with Gasteiger partial charge in [-0.3, -0.25) is 9.59 Å². The van der Waals surface area contributed by atoms with Crippen LogP contribution in [0.1, 0.15) is 24.8 Å². The van der Waals surface area contributed by atoms with E-state index in [4.69, 9.17) is 9.84 Å². The van der Waals surface area contributed by atoms with Crippen LogP contribution in [-0.4, -0.2) is 30.1 Å². The topological polar surface area (TPSA) is 75.6 Å². The molecule has 1 amide bonds. The van der Waals surface area contributed by atoms with Crippen LogP contribution in [0.2, 0.25) is 0 Å². The predicted molar refractivity (Wildman–Crippen MR) is 69.1 cm³/mol. The van der Waals surface area contributed by atoms with Gasteiger partial charge in [-0.2, -0.15) is 0 Å². The average molecular weight is 263 g/mol. The first-order valence-electron chi connectivity index (χ1n) is 6.36. The molecule has 0 bridgehead atoms. The van der Waals surface area contributed by atoms with E-state index < -0.39 is 17.8 Å². The molecule has 2 N–H and O–H groups in total. The van der Waals surface area contributed by atoms with Gasteiger partial charge in [0.15, 0.2) is 0 Å². The fourth-order valence-corrected chi connectivity index (χ4v) is 2.25.